The average molecular weight is 1060 g/mol. The summed E-state index contributed by atoms with van der Waals surface area (Å²) in [5, 5.41) is 0. The van der Waals surface area contributed by atoms with Crippen molar-refractivity contribution in [3.8, 4) is 0 Å². The Hall–Kier alpha value is 1.46. The predicted molar refractivity (Wildman–Crippen MR) is 307 cm³/mol. The van der Waals surface area contributed by atoms with Gasteiger partial charge in [-0.05, 0) is 110 Å². The third kappa shape index (κ3) is 22.8. The molecule has 7 nitrogen and oxygen atoms in total. The third-order valence-corrected chi connectivity index (χ3v) is 56.2. The zero-order valence-corrected chi connectivity index (χ0v) is 55.5. The first kappa shape index (κ1) is 66.5. The van der Waals surface area contributed by atoms with Crippen LogP contribution in [-0.4, -0.2) is 68.0 Å². The van der Waals surface area contributed by atoms with Crippen molar-refractivity contribution in [3.63, 3.8) is 0 Å². The molecule has 0 saturated heterocycles. The molecule has 0 amide bonds. The highest BCUT2D eigenvalue weighted by atomic mass is 28.5. The van der Waals surface area contributed by atoms with Crippen molar-refractivity contribution in [1.82, 2.24) is 0 Å². The Morgan fingerprint density at radius 1 is 0.200 bits per heavy atom. The monoisotopic (exact) mass is 1050 g/mol. The molecule has 0 heterocycles. The lowest BCUT2D eigenvalue weighted by Crippen LogP contribution is -2.67. The Bertz CT molecular complexity index is 1120. The number of hydrogen-bond acceptors (Lipinski definition) is 7. The Labute approximate surface area is 417 Å². The van der Waals surface area contributed by atoms with Crippen molar-refractivity contribution >= 4 is 68.0 Å². The molecule has 65 heavy (non-hydrogen) atoms. The lowest BCUT2D eigenvalue weighted by molar-refractivity contribution is 0.232. The largest absolute Gasteiger partial charge is 0.436 e. The van der Waals surface area contributed by atoms with Crippen LogP contribution in [0.5, 0.6) is 0 Å². The van der Waals surface area contributed by atoms with E-state index >= 15 is 0 Å². The Kier molecular flexibility index (Phi) is 35.5. The molecule has 0 atom stereocenters. The summed E-state index contributed by atoms with van der Waals surface area (Å²) in [5.74, 6) is 0. The number of hydrogen-bond donors (Lipinski definition) is 0. The molecule has 0 aromatic carbocycles. The summed E-state index contributed by atoms with van der Waals surface area (Å²) >= 11 is 0. The molecule has 392 valence electrons. The second kappa shape index (κ2) is 34.8. The van der Waals surface area contributed by atoms with Crippen LogP contribution in [-0.2, 0) is 28.8 Å². The van der Waals surface area contributed by atoms with Crippen LogP contribution in [0.2, 0.25) is 110 Å². The highest BCUT2D eigenvalue weighted by Crippen LogP contribution is 2.44. The summed E-state index contributed by atoms with van der Waals surface area (Å²) < 4.78 is 57.0. The summed E-state index contributed by atoms with van der Waals surface area (Å²) in [6.45, 7) is 42.8. The summed E-state index contributed by atoms with van der Waals surface area (Å²) in [6.07, 6.45) is 18.4. The second-order valence-corrected chi connectivity index (χ2v) is 52.8. The van der Waals surface area contributed by atoms with Crippen molar-refractivity contribution in [2.75, 3.05) is 0 Å². The van der Waals surface area contributed by atoms with Gasteiger partial charge in [0.15, 0.2) is 16.6 Å². The Morgan fingerprint density at radius 3 is 0.492 bits per heavy atom. The van der Waals surface area contributed by atoms with Gasteiger partial charge in [0.1, 0.15) is 0 Å². The van der Waals surface area contributed by atoms with E-state index in [0.717, 1.165) is 161 Å². The van der Waals surface area contributed by atoms with E-state index in [1.165, 1.54) is 38.5 Å². The molecule has 0 saturated carbocycles. The van der Waals surface area contributed by atoms with E-state index in [0.29, 0.717) is 0 Å². The van der Waals surface area contributed by atoms with Crippen LogP contribution in [0.3, 0.4) is 0 Å². The zero-order chi connectivity index (χ0) is 49.6. The molecule has 0 aromatic heterocycles. The normalized spacial score (nSPS) is 13.9. The fourth-order valence-corrected chi connectivity index (χ4v) is 57.1. The summed E-state index contributed by atoms with van der Waals surface area (Å²) in [4.78, 5) is 0. The molecular weight excluding hydrogens is 937 g/mol. The van der Waals surface area contributed by atoms with Crippen molar-refractivity contribution < 1.29 is 28.8 Å². The molecule has 0 aliphatic heterocycles. The lowest BCUT2D eigenvalue weighted by Gasteiger charge is -2.51. The molecule has 0 bridgehead atoms. The van der Waals surface area contributed by atoms with Crippen molar-refractivity contribution in [1.29, 1.82) is 0 Å². The van der Waals surface area contributed by atoms with Crippen LogP contribution in [0.25, 0.3) is 0 Å². The quantitative estimate of drug-likeness (QED) is 0.0563. The zero-order valence-electron chi connectivity index (χ0n) is 47.5. The van der Waals surface area contributed by atoms with E-state index < -0.39 is 68.0 Å². The van der Waals surface area contributed by atoms with Crippen LogP contribution < -0.4 is 0 Å². The lowest BCUT2D eigenvalue weighted by atomic mass is 10.4. The average Bonchev–Trinajstić information content (AvgIpc) is 3.33. The molecule has 0 unspecified atom stereocenters. The highest BCUT2D eigenvalue weighted by molar-refractivity contribution is 6.94. The Morgan fingerprint density at radius 2 is 0.354 bits per heavy atom. The second-order valence-electron chi connectivity index (χ2n) is 20.7. The van der Waals surface area contributed by atoms with Crippen molar-refractivity contribution in [2.24, 2.45) is 0 Å². The molecule has 0 N–H and O–H groups in total. The van der Waals surface area contributed by atoms with Gasteiger partial charge >= 0.3 is 51.4 Å². The van der Waals surface area contributed by atoms with Gasteiger partial charge in [-0.15, -0.1) is 0 Å². The molecular formula is C50H118O7Si8. The van der Waals surface area contributed by atoms with Crippen LogP contribution in [0, 0.1) is 0 Å². The maximum Gasteiger partial charge on any atom is 0.320 e. The van der Waals surface area contributed by atoms with E-state index in [1.54, 1.807) is 0 Å². The molecule has 0 spiro atoms. The van der Waals surface area contributed by atoms with Gasteiger partial charge < -0.3 is 28.8 Å². The van der Waals surface area contributed by atoms with Gasteiger partial charge in [0.25, 0.3) is 0 Å². The van der Waals surface area contributed by atoms with Gasteiger partial charge in [0, 0.05) is 0 Å². The number of rotatable bonds is 46. The third-order valence-electron chi connectivity index (χ3n) is 15.2. The van der Waals surface area contributed by atoms with E-state index in [1.807, 2.05) is 0 Å². The smallest absolute Gasteiger partial charge is 0.320 e. The molecule has 0 aliphatic rings. The highest BCUT2D eigenvalue weighted by Gasteiger charge is 2.59. The Balaban J connectivity index is 8.30. The topological polar surface area (TPSA) is 64.6 Å². The first-order chi connectivity index (χ1) is 30.9. The molecule has 0 fully saturated rings. The fraction of sp³-hybridized carbons (Fsp3) is 1.00. The minimum absolute atomic E-state index is 0.922. The molecule has 0 radical (unpaired) electrons. The van der Waals surface area contributed by atoms with E-state index in [2.05, 4.69) is 124 Å². The molecule has 15 heteroatoms. The fourth-order valence-electron chi connectivity index (χ4n) is 9.47. The maximum atomic E-state index is 8.35. The van der Waals surface area contributed by atoms with Crippen LogP contribution >= 0.6 is 0 Å². The van der Waals surface area contributed by atoms with E-state index in [4.69, 9.17) is 28.8 Å². The van der Waals surface area contributed by atoms with E-state index in [9.17, 15) is 0 Å². The first-order valence-corrected chi connectivity index (χ1v) is 47.9. The molecule has 0 rings (SSSR count). The summed E-state index contributed by atoms with van der Waals surface area (Å²) in [5.41, 5.74) is 0. The van der Waals surface area contributed by atoms with Gasteiger partial charge in [-0.25, -0.2) is 0 Å². The van der Waals surface area contributed by atoms with Gasteiger partial charge in [-0.1, -0.05) is 214 Å². The van der Waals surface area contributed by atoms with Gasteiger partial charge in [0.2, 0.25) is 0 Å². The summed E-state index contributed by atoms with van der Waals surface area (Å²) in [7, 11) is -20.8. The minimum Gasteiger partial charge on any atom is -0.436 e. The van der Waals surface area contributed by atoms with Crippen LogP contribution in [0.4, 0.5) is 0 Å². The standard InChI is InChI=1S/C50H118O7Si8/c1-19-35-43-62(44-36-20-2,51-58(17,27-9)28-10)53-60(31-13,32-14)54-64(47-39-23-5,48-40-24-6)55-61(33-15,34-16)56-65(49-41-25-7,50-42-26-8)57-63(45-37-21-3,46-38-22-4)52-59(18,29-11)30-12/h19-50H2,1-18H3. The van der Waals surface area contributed by atoms with Crippen LogP contribution in [0.15, 0.2) is 0 Å². The first-order valence-electron chi connectivity index (χ1n) is 28.8. The predicted octanol–water partition coefficient (Wildman–Crippen LogP) is 19.5. The molecule has 0 aliphatic carbocycles. The SMILES string of the molecule is CCCC[Si](CCCC)(O[Si](C)(CC)CC)O[Si](CCCC)(CCCC)O[Si](CC)(CC)O[Si](CCCC)(CCCC)O[Si](CC)(CC)O[Si](CCCC)(CCCC)O[Si](C)(CC)CC. The van der Waals surface area contributed by atoms with Crippen molar-refractivity contribution in [3.05, 3.63) is 0 Å². The maximum absolute atomic E-state index is 8.35. The van der Waals surface area contributed by atoms with Crippen molar-refractivity contribution in [2.45, 2.75) is 323 Å². The van der Waals surface area contributed by atoms with Gasteiger partial charge in [0.05, 0.1) is 0 Å². The van der Waals surface area contributed by atoms with E-state index in [-0.39, 0.29) is 0 Å². The molecule has 0 aromatic rings. The van der Waals surface area contributed by atoms with Gasteiger partial charge in [-0.2, -0.15) is 0 Å². The number of unbranched alkanes of at least 4 members (excludes halogenated alkanes) is 8. The minimum atomic E-state index is -2.94. The van der Waals surface area contributed by atoms with Crippen LogP contribution in [0.1, 0.15) is 214 Å². The van der Waals surface area contributed by atoms with Gasteiger partial charge in [-0.3, -0.25) is 0 Å². The summed E-state index contributed by atoms with van der Waals surface area (Å²) in [6, 6.07) is 16.7.